The fraction of sp³-hybridized carbons (Fsp3) is 0.556. The van der Waals surface area contributed by atoms with Crippen molar-refractivity contribution in [3.63, 3.8) is 0 Å². The first-order valence-electron chi connectivity index (χ1n) is 7.89. The summed E-state index contributed by atoms with van der Waals surface area (Å²) >= 11 is 0. The van der Waals surface area contributed by atoms with E-state index in [1.54, 1.807) is 12.1 Å². The van der Waals surface area contributed by atoms with Gasteiger partial charge in [0.2, 0.25) is 0 Å². The molecule has 1 aromatic carbocycles. The molecule has 0 fully saturated rings. The molecule has 0 aliphatic rings. The number of carbonyl (C=O) groups excluding carboxylic acids is 2. The average Bonchev–Trinajstić information content (AvgIpc) is 2.56. The quantitative estimate of drug-likeness (QED) is 0.609. The van der Waals surface area contributed by atoms with Gasteiger partial charge >= 0.3 is 0 Å². The Morgan fingerprint density at radius 2 is 1.23 bits per heavy atom. The van der Waals surface area contributed by atoms with E-state index in [0.717, 1.165) is 25.4 Å². The molecule has 122 valence electrons. The average molecular weight is 306 g/mol. The van der Waals surface area contributed by atoms with E-state index in [0.29, 0.717) is 47.7 Å². The lowest BCUT2D eigenvalue weighted by Gasteiger charge is -2.16. The van der Waals surface area contributed by atoms with Crippen LogP contribution in [0.25, 0.3) is 0 Å². The second kappa shape index (κ2) is 9.23. The van der Waals surface area contributed by atoms with Gasteiger partial charge in [0.05, 0.1) is 24.3 Å². The Morgan fingerprint density at radius 3 is 1.50 bits per heavy atom. The molecule has 0 aliphatic heterocycles. The van der Waals surface area contributed by atoms with E-state index in [9.17, 15) is 9.59 Å². The third-order valence-electron chi connectivity index (χ3n) is 3.84. The van der Waals surface area contributed by atoms with Crippen molar-refractivity contribution in [3.05, 3.63) is 23.3 Å². The van der Waals surface area contributed by atoms with Crippen molar-refractivity contribution in [2.24, 2.45) is 11.8 Å². The number of aldehydes is 2. The fourth-order valence-corrected chi connectivity index (χ4v) is 1.73. The van der Waals surface area contributed by atoms with Crippen LogP contribution in [0.15, 0.2) is 12.1 Å². The number of ether oxygens (including phenoxy) is 2. The zero-order chi connectivity index (χ0) is 16.5. The van der Waals surface area contributed by atoms with Crippen LogP contribution >= 0.6 is 0 Å². The molecule has 0 saturated carbocycles. The molecule has 0 radical (unpaired) electrons. The molecule has 0 saturated heterocycles. The summed E-state index contributed by atoms with van der Waals surface area (Å²) < 4.78 is 11.4. The molecule has 0 unspecified atom stereocenters. The minimum atomic E-state index is 0.389. The Hall–Kier alpha value is -1.84. The van der Waals surface area contributed by atoms with E-state index in [4.69, 9.17) is 9.47 Å². The van der Waals surface area contributed by atoms with Gasteiger partial charge in [-0.15, -0.1) is 0 Å². The summed E-state index contributed by atoms with van der Waals surface area (Å²) in [6.45, 7) is 9.34. The largest absolute Gasteiger partial charge is 0.493 e. The van der Waals surface area contributed by atoms with Gasteiger partial charge in [-0.1, -0.05) is 40.5 Å². The maximum Gasteiger partial charge on any atom is 0.153 e. The number of carbonyl (C=O) groups is 2. The van der Waals surface area contributed by atoms with E-state index in [1.807, 2.05) is 0 Å². The highest BCUT2D eigenvalue weighted by Crippen LogP contribution is 2.28. The highest BCUT2D eigenvalue weighted by atomic mass is 16.5. The number of hydrogen-bond donors (Lipinski definition) is 0. The summed E-state index contributed by atoms with van der Waals surface area (Å²) in [5.41, 5.74) is 0.820. The summed E-state index contributed by atoms with van der Waals surface area (Å²) in [5.74, 6) is 1.66. The van der Waals surface area contributed by atoms with Crippen molar-refractivity contribution in [1.82, 2.24) is 0 Å². The van der Waals surface area contributed by atoms with Crippen LogP contribution in [-0.2, 0) is 0 Å². The van der Waals surface area contributed by atoms with Gasteiger partial charge in [-0.3, -0.25) is 9.59 Å². The smallest absolute Gasteiger partial charge is 0.153 e. The van der Waals surface area contributed by atoms with Crippen molar-refractivity contribution in [2.75, 3.05) is 13.2 Å². The van der Waals surface area contributed by atoms with Crippen molar-refractivity contribution in [3.8, 4) is 11.5 Å². The molecule has 0 bridgehead atoms. The van der Waals surface area contributed by atoms with Crippen LogP contribution in [0.2, 0.25) is 0 Å². The minimum Gasteiger partial charge on any atom is -0.493 e. The first-order valence-corrected chi connectivity index (χ1v) is 7.89. The maximum absolute atomic E-state index is 11.3. The lowest BCUT2D eigenvalue weighted by molar-refractivity contribution is 0.110. The van der Waals surface area contributed by atoms with Gasteiger partial charge in [-0.2, -0.15) is 0 Å². The zero-order valence-electron chi connectivity index (χ0n) is 13.9. The Labute approximate surface area is 132 Å². The summed E-state index contributed by atoms with van der Waals surface area (Å²) in [5, 5.41) is 0. The van der Waals surface area contributed by atoms with Crippen LogP contribution in [0.3, 0.4) is 0 Å². The highest BCUT2D eigenvalue weighted by Gasteiger charge is 2.13. The monoisotopic (exact) mass is 306 g/mol. The third kappa shape index (κ3) is 5.17. The summed E-state index contributed by atoms with van der Waals surface area (Å²) in [6, 6.07) is 3.18. The van der Waals surface area contributed by atoms with Gasteiger partial charge in [0, 0.05) is 0 Å². The van der Waals surface area contributed by atoms with E-state index in [-0.39, 0.29) is 0 Å². The molecule has 4 nitrogen and oxygen atoms in total. The summed E-state index contributed by atoms with van der Waals surface area (Å²) in [7, 11) is 0. The molecular formula is C18H26O4. The van der Waals surface area contributed by atoms with Gasteiger partial charge in [-0.05, 0) is 24.0 Å². The Bertz CT molecular complexity index is 450. The number of benzene rings is 1. The molecule has 0 spiro atoms. The molecular weight excluding hydrogens is 280 g/mol. The SMILES string of the molecule is CC[C@H](C)COc1cc(C=O)c(OC[C@@H](C)CC)cc1C=O. The van der Waals surface area contributed by atoms with Gasteiger partial charge < -0.3 is 9.47 Å². The lowest BCUT2D eigenvalue weighted by atomic mass is 10.1. The second-order valence-corrected chi connectivity index (χ2v) is 5.81. The molecule has 1 rings (SSSR count). The van der Waals surface area contributed by atoms with E-state index in [2.05, 4.69) is 27.7 Å². The molecule has 4 heteroatoms. The van der Waals surface area contributed by atoms with Crippen molar-refractivity contribution in [2.45, 2.75) is 40.5 Å². The zero-order valence-corrected chi connectivity index (χ0v) is 13.9. The number of hydrogen-bond acceptors (Lipinski definition) is 4. The summed E-state index contributed by atoms with van der Waals surface area (Å²) in [4.78, 5) is 22.5. The molecule has 0 aromatic heterocycles. The Kier molecular flexibility index (Phi) is 7.64. The first kappa shape index (κ1) is 18.2. The van der Waals surface area contributed by atoms with E-state index < -0.39 is 0 Å². The Balaban J connectivity index is 2.96. The van der Waals surface area contributed by atoms with Crippen LogP contribution < -0.4 is 9.47 Å². The first-order chi connectivity index (χ1) is 10.5. The van der Waals surface area contributed by atoms with Crippen LogP contribution in [0.5, 0.6) is 11.5 Å². The van der Waals surface area contributed by atoms with Gasteiger partial charge in [0.15, 0.2) is 12.6 Å². The van der Waals surface area contributed by atoms with Gasteiger partial charge in [0.1, 0.15) is 11.5 Å². The van der Waals surface area contributed by atoms with Crippen molar-refractivity contribution >= 4 is 12.6 Å². The third-order valence-corrected chi connectivity index (χ3v) is 3.84. The predicted octanol–water partition coefficient (Wildman–Crippen LogP) is 4.16. The maximum atomic E-state index is 11.3. The van der Waals surface area contributed by atoms with Crippen LogP contribution in [0.4, 0.5) is 0 Å². The summed E-state index contributed by atoms with van der Waals surface area (Å²) in [6.07, 6.45) is 3.45. The highest BCUT2D eigenvalue weighted by molar-refractivity contribution is 5.87. The van der Waals surface area contributed by atoms with Crippen LogP contribution in [0, 0.1) is 11.8 Å². The molecule has 0 N–H and O–H groups in total. The van der Waals surface area contributed by atoms with E-state index >= 15 is 0 Å². The predicted molar refractivity (Wildman–Crippen MR) is 87.1 cm³/mol. The minimum absolute atomic E-state index is 0.389. The molecule has 1 aromatic rings. The second-order valence-electron chi connectivity index (χ2n) is 5.81. The molecule has 22 heavy (non-hydrogen) atoms. The lowest BCUT2D eigenvalue weighted by Crippen LogP contribution is -2.11. The standard InChI is InChI=1S/C18H26O4/c1-5-13(3)11-21-17-7-16(10-20)18(8-15(17)9-19)22-12-14(4)6-2/h7-10,13-14H,5-6,11-12H2,1-4H3/t13-,14-/m0/s1. The molecule has 0 heterocycles. The van der Waals surface area contributed by atoms with Gasteiger partial charge in [0.25, 0.3) is 0 Å². The van der Waals surface area contributed by atoms with E-state index in [1.165, 1.54) is 0 Å². The van der Waals surface area contributed by atoms with Crippen molar-refractivity contribution in [1.29, 1.82) is 0 Å². The molecule has 0 amide bonds. The fourth-order valence-electron chi connectivity index (χ4n) is 1.73. The number of rotatable bonds is 10. The van der Waals surface area contributed by atoms with Crippen LogP contribution in [-0.4, -0.2) is 25.8 Å². The topological polar surface area (TPSA) is 52.6 Å². The Morgan fingerprint density at radius 1 is 0.864 bits per heavy atom. The van der Waals surface area contributed by atoms with Gasteiger partial charge in [-0.25, -0.2) is 0 Å². The molecule has 0 aliphatic carbocycles. The van der Waals surface area contributed by atoms with Crippen LogP contribution in [0.1, 0.15) is 61.3 Å². The van der Waals surface area contributed by atoms with Crippen molar-refractivity contribution < 1.29 is 19.1 Å². The normalized spacial score (nSPS) is 13.3. The molecule has 2 atom stereocenters.